The maximum Gasteiger partial charge on any atom is 0.109 e. The quantitative estimate of drug-likeness (QED) is 0.764. The molecule has 0 amide bonds. The molecule has 3 heteroatoms. The number of hydrogen-bond donors (Lipinski definition) is 1. The summed E-state index contributed by atoms with van der Waals surface area (Å²) in [6, 6.07) is 4.11. The summed E-state index contributed by atoms with van der Waals surface area (Å²) in [6.07, 6.45) is 5.77. The molecule has 13 heavy (non-hydrogen) atoms. The molecule has 0 aromatic carbocycles. The van der Waals surface area contributed by atoms with Crippen LogP contribution in [0.15, 0.2) is 24.5 Å². The van der Waals surface area contributed by atoms with Gasteiger partial charge in [-0.15, -0.1) is 0 Å². The Bertz CT molecular complexity index is 259. The van der Waals surface area contributed by atoms with Gasteiger partial charge in [0.15, 0.2) is 0 Å². The number of hydrogen-bond acceptors (Lipinski definition) is 2. The summed E-state index contributed by atoms with van der Waals surface area (Å²) in [5.74, 6) is 0. The third kappa shape index (κ3) is 2.25. The van der Waals surface area contributed by atoms with Gasteiger partial charge in [-0.2, -0.15) is 0 Å². The highest BCUT2D eigenvalue weighted by Crippen LogP contribution is 2.24. The molecule has 0 aliphatic heterocycles. The topological polar surface area (TPSA) is 24.9 Å². The van der Waals surface area contributed by atoms with Crippen LogP contribution in [0.3, 0.4) is 0 Å². The first-order chi connectivity index (χ1) is 6.40. The molecule has 1 aliphatic rings. The van der Waals surface area contributed by atoms with Gasteiger partial charge in [0.25, 0.3) is 0 Å². The van der Waals surface area contributed by atoms with Crippen molar-refractivity contribution in [3.05, 3.63) is 30.1 Å². The van der Waals surface area contributed by atoms with Crippen LogP contribution in [-0.2, 0) is 0 Å². The van der Waals surface area contributed by atoms with Gasteiger partial charge in [0, 0.05) is 18.4 Å². The molecule has 1 atom stereocenters. The highest BCUT2D eigenvalue weighted by Gasteiger charge is 2.25. The zero-order chi connectivity index (χ0) is 9.10. The van der Waals surface area contributed by atoms with E-state index in [0.29, 0.717) is 6.04 Å². The van der Waals surface area contributed by atoms with E-state index in [9.17, 15) is 4.39 Å². The minimum Gasteiger partial charge on any atom is -0.305 e. The van der Waals surface area contributed by atoms with E-state index in [-0.39, 0.29) is 12.7 Å². The number of alkyl halides is 1. The molecule has 1 fully saturated rings. The normalized spacial score (nSPS) is 18.5. The molecule has 1 aromatic heterocycles. The van der Waals surface area contributed by atoms with Crippen LogP contribution < -0.4 is 5.32 Å². The third-order valence-corrected chi connectivity index (χ3v) is 2.28. The van der Waals surface area contributed by atoms with E-state index in [1.165, 1.54) is 12.8 Å². The van der Waals surface area contributed by atoms with E-state index < -0.39 is 0 Å². The van der Waals surface area contributed by atoms with Crippen molar-refractivity contribution in [3.8, 4) is 0 Å². The number of halogens is 1. The number of rotatable bonds is 4. The Hall–Kier alpha value is -0.960. The van der Waals surface area contributed by atoms with Gasteiger partial charge < -0.3 is 5.32 Å². The Kier molecular flexibility index (Phi) is 2.54. The van der Waals surface area contributed by atoms with E-state index in [1.54, 1.807) is 12.4 Å². The van der Waals surface area contributed by atoms with Crippen molar-refractivity contribution in [2.45, 2.75) is 24.9 Å². The fraction of sp³-hybridized carbons (Fsp3) is 0.500. The third-order valence-electron chi connectivity index (χ3n) is 2.28. The summed E-state index contributed by atoms with van der Waals surface area (Å²) >= 11 is 0. The van der Waals surface area contributed by atoms with Crippen LogP contribution in [-0.4, -0.2) is 17.7 Å². The second kappa shape index (κ2) is 3.83. The molecule has 1 unspecified atom stereocenters. The molecule has 0 radical (unpaired) electrons. The monoisotopic (exact) mass is 180 g/mol. The minimum absolute atomic E-state index is 0.143. The van der Waals surface area contributed by atoms with Crippen LogP contribution in [0.1, 0.15) is 24.4 Å². The molecular weight excluding hydrogens is 167 g/mol. The van der Waals surface area contributed by atoms with Crippen molar-refractivity contribution in [1.29, 1.82) is 0 Å². The van der Waals surface area contributed by atoms with Crippen LogP contribution in [0, 0.1) is 0 Å². The number of nitrogens with one attached hydrogen (secondary N) is 1. The van der Waals surface area contributed by atoms with Crippen molar-refractivity contribution in [2.24, 2.45) is 0 Å². The van der Waals surface area contributed by atoms with Gasteiger partial charge in [0.2, 0.25) is 0 Å². The van der Waals surface area contributed by atoms with Crippen LogP contribution in [0.2, 0.25) is 0 Å². The van der Waals surface area contributed by atoms with Gasteiger partial charge in [-0.1, -0.05) is 0 Å². The summed E-state index contributed by atoms with van der Waals surface area (Å²) in [5.41, 5.74) is 0.990. The molecule has 1 aliphatic carbocycles. The fourth-order valence-corrected chi connectivity index (χ4v) is 1.36. The predicted molar refractivity (Wildman–Crippen MR) is 49.1 cm³/mol. The molecule has 0 bridgehead atoms. The largest absolute Gasteiger partial charge is 0.305 e. The van der Waals surface area contributed by atoms with Gasteiger partial charge in [0.05, 0.1) is 6.04 Å². The van der Waals surface area contributed by atoms with Crippen LogP contribution in [0.4, 0.5) is 4.39 Å². The molecule has 1 aromatic rings. The Morgan fingerprint density at radius 2 is 2.15 bits per heavy atom. The molecule has 1 N–H and O–H groups in total. The maximum atomic E-state index is 12.6. The first-order valence-electron chi connectivity index (χ1n) is 4.62. The highest BCUT2D eigenvalue weighted by atomic mass is 19.1. The summed E-state index contributed by atoms with van der Waals surface area (Å²) in [4.78, 5) is 3.91. The number of aromatic nitrogens is 1. The van der Waals surface area contributed by atoms with Crippen LogP contribution in [0.5, 0.6) is 0 Å². The Morgan fingerprint density at radius 3 is 2.69 bits per heavy atom. The molecule has 70 valence electrons. The maximum absolute atomic E-state index is 12.6. The van der Waals surface area contributed by atoms with E-state index in [0.717, 1.165) is 5.56 Å². The van der Waals surface area contributed by atoms with E-state index in [1.807, 2.05) is 12.1 Å². The Balaban J connectivity index is 2.02. The average molecular weight is 180 g/mol. The lowest BCUT2D eigenvalue weighted by molar-refractivity contribution is 0.379. The second-order valence-electron chi connectivity index (χ2n) is 3.43. The molecule has 1 saturated carbocycles. The minimum atomic E-state index is -0.347. The zero-order valence-electron chi connectivity index (χ0n) is 7.41. The molecule has 2 rings (SSSR count). The lowest BCUT2D eigenvalue weighted by Gasteiger charge is -2.14. The van der Waals surface area contributed by atoms with Crippen molar-refractivity contribution in [1.82, 2.24) is 10.3 Å². The van der Waals surface area contributed by atoms with Gasteiger partial charge in [-0.05, 0) is 30.5 Å². The smallest absolute Gasteiger partial charge is 0.109 e. The lowest BCUT2D eigenvalue weighted by Crippen LogP contribution is -2.24. The zero-order valence-corrected chi connectivity index (χ0v) is 7.41. The van der Waals surface area contributed by atoms with Gasteiger partial charge >= 0.3 is 0 Å². The lowest BCUT2D eigenvalue weighted by atomic mass is 10.1. The average Bonchev–Trinajstić information content (AvgIpc) is 2.99. The first kappa shape index (κ1) is 8.63. The van der Waals surface area contributed by atoms with E-state index in [4.69, 9.17) is 0 Å². The van der Waals surface area contributed by atoms with Crippen LogP contribution >= 0.6 is 0 Å². The van der Waals surface area contributed by atoms with Gasteiger partial charge in [-0.3, -0.25) is 4.98 Å². The number of nitrogens with zero attached hydrogens (tertiary/aromatic N) is 1. The van der Waals surface area contributed by atoms with E-state index >= 15 is 0 Å². The van der Waals surface area contributed by atoms with Crippen molar-refractivity contribution >= 4 is 0 Å². The fourth-order valence-electron chi connectivity index (χ4n) is 1.36. The summed E-state index contributed by atoms with van der Waals surface area (Å²) in [6.45, 7) is -0.347. The summed E-state index contributed by atoms with van der Waals surface area (Å²) < 4.78 is 12.6. The number of pyridine rings is 1. The standard InChI is InChI=1S/C10H13FN2/c11-7-10(13-9-1-2-9)8-3-5-12-6-4-8/h3-6,9-10,13H,1-2,7H2. The highest BCUT2D eigenvalue weighted by molar-refractivity contribution is 5.15. The molecule has 1 heterocycles. The molecule has 0 saturated heterocycles. The molecular formula is C10H13FN2. The molecule has 0 spiro atoms. The van der Waals surface area contributed by atoms with Gasteiger partial charge in [-0.25, -0.2) is 4.39 Å². The summed E-state index contributed by atoms with van der Waals surface area (Å²) in [7, 11) is 0. The first-order valence-corrected chi connectivity index (χ1v) is 4.62. The molecule has 2 nitrogen and oxygen atoms in total. The van der Waals surface area contributed by atoms with E-state index in [2.05, 4.69) is 10.3 Å². The second-order valence-corrected chi connectivity index (χ2v) is 3.43. The van der Waals surface area contributed by atoms with Crippen molar-refractivity contribution in [2.75, 3.05) is 6.67 Å². The SMILES string of the molecule is FCC(NC1CC1)c1ccncc1. The predicted octanol–water partition coefficient (Wildman–Crippen LogP) is 1.84. The van der Waals surface area contributed by atoms with Crippen molar-refractivity contribution < 1.29 is 4.39 Å². The summed E-state index contributed by atoms with van der Waals surface area (Å²) in [5, 5.41) is 3.25. The van der Waals surface area contributed by atoms with Gasteiger partial charge in [0.1, 0.15) is 6.67 Å². The Labute approximate surface area is 77.2 Å². The van der Waals surface area contributed by atoms with Crippen LogP contribution in [0.25, 0.3) is 0 Å². The Morgan fingerprint density at radius 1 is 1.46 bits per heavy atom. The van der Waals surface area contributed by atoms with Crippen molar-refractivity contribution in [3.63, 3.8) is 0 Å².